The van der Waals surface area contributed by atoms with Gasteiger partial charge < -0.3 is 5.11 Å². The summed E-state index contributed by atoms with van der Waals surface area (Å²) in [5, 5.41) is 8.43. The van der Waals surface area contributed by atoms with Crippen LogP contribution in [0.2, 0.25) is 0 Å². The second-order valence-electron chi connectivity index (χ2n) is 3.13. The maximum Gasteiger partial charge on any atom is 0.417 e. The fraction of sp³-hybridized carbons (Fsp3) is 0.300. The highest BCUT2D eigenvalue weighted by molar-refractivity contribution is 9.10. The number of aliphatic carboxylic acids is 1. The number of halogens is 4. The number of rotatable bonds is 4. The SMILES string of the molecule is O=C(O)CCSc1cc(Br)ccc1C(F)(F)F. The first kappa shape index (κ1) is 14.4. The van der Waals surface area contributed by atoms with Gasteiger partial charge in [-0.25, -0.2) is 0 Å². The molecule has 1 N–H and O–H groups in total. The number of carbonyl (C=O) groups is 1. The normalized spacial score (nSPS) is 11.5. The van der Waals surface area contributed by atoms with Crippen molar-refractivity contribution in [1.29, 1.82) is 0 Å². The molecule has 1 aromatic rings. The molecule has 17 heavy (non-hydrogen) atoms. The first-order valence-corrected chi connectivity index (χ1v) is 6.30. The van der Waals surface area contributed by atoms with Gasteiger partial charge in [0.1, 0.15) is 0 Å². The zero-order chi connectivity index (χ0) is 13.1. The topological polar surface area (TPSA) is 37.3 Å². The molecule has 0 bridgehead atoms. The summed E-state index contributed by atoms with van der Waals surface area (Å²) in [6, 6.07) is 3.63. The van der Waals surface area contributed by atoms with Crippen LogP contribution in [-0.2, 0) is 11.0 Å². The molecular weight excluding hydrogens is 321 g/mol. The van der Waals surface area contributed by atoms with Crippen LogP contribution in [0.4, 0.5) is 13.2 Å². The molecule has 0 spiro atoms. The summed E-state index contributed by atoms with van der Waals surface area (Å²) >= 11 is 3.97. The van der Waals surface area contributed by atoms with Crippen molar-refractivity contribution in [3.05, 3.63) is 28.2 Å². The zero-order valence-corrected chi connectivity index (χ0v) is 10.8. The average molecular weight is 329 g/mol. The number of carboxylic acids is 1. The minimum absolute atomic E-state index is 0.0353. The predicted octanol–water partition coefficient (Wildman–Crippen LogP) is 4.03. The third kappa shape index (κ3) is 4.59. The van der Waals surface area contributed by atoms with Gasteiger partial charge in [-0.05, 0) is 18.2 Å². The Morgan fingerprint density at radius 1 is 1.41 bits per heavy atom. The van der Waals surface area contributed by atoms with Crippen molar-refractivity contribution in [3.8, 4) is 0 Å². The van der Waals surface area contributed by atoms with Crippen molar-refractivity contribution in [2.24, 2.45) is 0 Å². The number of hydrogen-bond donors (Lipinski definition) is 1. The zero-order valence-electron chi connectivity index (χ0n) is 8.42. The van der Waals surface area contributed by atoms with Crippen LogP contribution in [0.5, 0.6) is 0 Å². The maximum atomic E-state index is 12.6. The summed E-state index contributed by atoms with van der Waals surface area (Å²) in [6.45, 7) is 0. The molecule has 0 saturated carbocycles. The van der Waals surface area contributed by atoms with E-state index >= 15 is 0 Å². The molecule has 0 saturated heterocycles. The van der Waals surface area contributed by atoms with E-state index in [1.165, 1.54) is 12.1 Å². The van der Waals surface area contributed by atoms with Crippen molar-refractivity contribution >= 4 is 33.7 Å². The van der Waals surface area contributed by atoms with Crippen molar-refractivity contribution in [2.75, 3.05) is 5.75 Å². The minimum atomic E-state index is -4.42. The highest BCUT2D eigenvalue weighted by Crippen LogP contribution is 2.38. The van der Waals surface area contributed by atoms with Gasteiger partial charge in [-0.1, -0.05) is 15.9 Å². The highest BCUT2D eigenvalue weighted by Gasteiger charge is 2.33. The van der Waals surface area contributed by atoms with Crippen molar-refractivity contribution in [1.82, 2.24) is 0 Å². The Bertz CT molecular complexity index is 421. The van der Waals surface area contributed by atoms with E-state index < -0.39 is 17.7 Å². The predicted molar refractivity (Wildman–Crippen MR) is 62.1 cm³/mol. The molecule has 0 amide bonds. The van der Waals surface area contributed by atoms with Gasteiger partial charge in [-0.2, -0.15) is 13.2 Å². The fourth-order valence-corrected chi connectivity index (χ4v) is 2.66. The summed E-state index contributed by atoms with van der Waals surface area (Å²) < 4.78 is 38.4. The Kier molecular flexibility index (Phi) is 4.88. The molecule has 1 aromatic carbocycles. The first-order chi connectivity index (χ1) is 7.80. The highest BCUT2D eigenvalue weighted by atomic mass is 79.9. The molecule has 7 heteroatoms. The number of hydrogen-bond acceptors (Lipinski definition) is 2. The van der Waals surface area contributed by atoms with E-state index in [0.717, 1.165) is 17.8 Å². The van der Waals surface area contributed by atoms with Crippen molar-refractivity contribution in [3.63, 3.8) is 0 Å². The molecule has 0 aliphatic carbocycles. The molecule has 0 aliphatic rings. The molecule has 94 valence electrons. The Labute approximate surface area is 108 Å². The van der Waals surface area contributed by atoms with E-state index in [2.05, 4.69) is 15.9 Å². The standard InChI is InChI=1S/C10H8BrF3O2S/c11-6-1-2-7(10(12,13)14)8(5-6)17-4-3-9(15)16/h1-2,5H,3-4H2,(H,15,16). The summed E-state index contributed by atoms with van der Waals surface area (Å²) in [7, 11) is 0. The van der Waals surface area contributed by atoms with Gasteiger partial charge in [-0.15, -0.1) is 11.8 Å². The van der Waals surface area contributed by atoms with Crippen molar-refractivity contribution in [2.45, 2.75) is 17.5 Å². The Morgan fingerprint density at radius 2 is 2.06 bits per heavy atom. The minimum Gasteiger partial charge on any atom is -0.481 e. The summed E-state index contributed by atoms with van der Waals surface area (Å²) in [6.07, 6.45) is -4.60. The van der Waals surface area contributed by atoms with Crippen LogP contribution in [-0.4, -0.2) is 16.8 Å². The van der Waals surface area contributed by atoms with Crippen LogP contribution in [0.3, 0.4) is 0 Å². The van der Waals surface area contributed by atoms with Gasteiger partial charge in [0.05, 0.1) is 12.0 Å². The van der Waals surface area contributed by atoms with Crippen LogP contribution in [0.15, 0.2) is 27.6 Å². The van der Waals surface area contributed by atoms with E-state index in [1.807, 2.05) is 0 Å². The Hall–Kier alpha value is -0.690. The molecular formula is C10H8BrF3O2S. The van der Waals surface area contributed by atoms with Crippen LogP contribution in [0, 0.1) is 0 Å². The van der Waals surface area contributed by atoms with E-state index in [-0.39, 0.29) is 17.1 Å². The van der Waals surface area contributed by atoms with Gasteiger partial charge in [-0.3, -0.25) is 4.79 Å². The van der Waals surface area contributed by atoms with Gasteiger partial charge >= 0.3 is 12.1 Å². The van der Waals surface area contributed by atoms with Gasteiger partial charge in [0.15, 0.2) is 0 Å². The number of carboxylic acid groups (broad SMARTS) is 1. The smallest absolute Gasteiger partial charge is 0.417 e. The molecule has 2 nitrogen and oxygen atoms in total. The van der Waals surface area contributed by atoms with Gasteiger partial charge in [0, 0.05) is 15.1 Å². The second-order valence-corrected chi connectivity index (χ2v) is 5.18. The second kappa shape index (κ2) is 5.77. The number of thioether (sulfide) groups is 1. The number of benzene rings is 1. The lowest BCUT2D eigenvalue weighted by Gasteiger charge is -2.12. The lowest BCUT2D eigenvalue weighted by Crippen LogP contribution is -2.07. The quantitative estimate of drug-likeness (QED) is 0.848. The summed E-state index contributed by atoms with van der Waals surface area (Å²) in [5.74, 6) is -0.921. The van der Waals surface area contributed by atoms with Gasteiger partial charge in [0.2, 0.25) is 0 Å². The molecule has 1 rings (SSSR count). The van der Waals surface area contributed by atoms with Crippen LogP contribution >= 0.6 is 27.7 Å². The van der Waals surface area contributed by atoms with E-state index in [9.17, 15) is 18.0 Å². The Balaban J connectivity index is 2.88. The van der Waals surface area contributed by atoms with Crippen LogP contribution in [0.25, 0.3) is 0 Å². The first-order valence-electron chi connectivity index (χ1n) is 4.52. The maximum absolute atomic E-state index is 12.6. The van der Waals surface area contributed by atoms with E-state index in [1.54, 1.807) is 0 Å². The largest absolute Gasteiger partial charge is 0.481 e. The van der Waals surface area contributed by atoms with Gasteiger partial charge in [0.25, 0.3) is 0 Å². The van der Waals surface area contributed by atoms with Crippen LogP contribution < -0.4 is 0 Å². The summed E-state index contributed by atoms with van der Waals surface area (Å²) in [5.41, 5.74) is -0.740. The Morgan fingerprint density at radius 3 is 2.59 bits per heavy atom. The van der Waals surface area contributed by atoms with E-state index in [4.69, 9.17) is 5.11 Å². The molecule has 0 radical (unpaired) electrons. The molecule has 0 aliphatic heterocycles. The fourth-order valence-electron chi connectivity index (χ4n) is 1.10. The third-order valence-electron chi connectivity index (χ3n) is 1.82. The van der Waals surface area contributed by atoms with Crippen molar-refractivity contribution < 1.29 is 23.1 Å². The lowest BCUT2D eigenvalue weighted by atomic mass is 10.2. The molecule has 0 atom stereocenters. The molecule has 0 heterocycles. The summed E-state index contributed by atoms with van der Waals surface area (Å²) in [4.78, 5) is 10.3. The number of alkyl halides is 3. The van der Waals surface area contributed by atoms with Crippen LogP contribution in [0.1, 0.15) is 12.0 Å². The molecule has 0 aromatic heterocycles. The van der Waals surface area contributed by atoms with E-state index in [0.29, 0.717) is 4.47 Å². The monoisotopic (exact) mass is 328 g/mol. The molecule has 0 unspecified atom stereocenters. The third-order valence-corrected chi connectivity index (χ3v) is 3.37. The molecule has 0 fully saturated rings. The lowest BCUT2D eigenvalue weighted by molar-refractivity contribution is -0.139. The average Bonchev–Trinajstić information content (AvgIpc) is 2.15.